The molecule has 0 saturated carbocycles. The zero-order valence-corrected chi connectivity index (χ0v) is 20.6. The number of benzene rings is 2. The smallest absolute Gasteiger partial charge is 0.256 e. The molecule has 2 fully saturated rings. The van der Waals surface area contributed by atoms with Crippen molar-refractivity contribution >= 4 is 29.3 Å². The summed E-state index contributed by atoms with van der Waals surface area (Å²) < 4.78 is 19.6. The van der Waals surface area contributed by atoms with Crippen molar-refractivity contribution in [1.82, 2.24) is 15.1 Å². The summed E-state index contributed by atoms with van der Waals surface area (Å²) in [6, 6.07) is 11.2. The van der Waals surface area contributed by atoms with Crippen LogP contribution in [-0.2, 0) is 9.53 Å². The van der Waals surface area contributed by atoms with E-state index >= 15 is 0 Å². The Balaban J connectivity index is 1.56. The lowest BCUT2D eigenvalue weighted by atomic mass is 9.96. The average molecular weight is 502 g/mol. The number of likely N-dealkylation sites (tertiary alicyclic amines) is 1. The Kier molecular flexibility index (Phi) is 7.42. The van der Waals surface area contributed by atoms with E-state index in [4.69, 9.17) is 16.3 Å². The van der Waals surface area contributed by atoms with Gasteiger partial charge in [-0.05, 0) is 48.4 Å². The Labute approximate surface area is 209 Å². The van der Waals surface area contributed by atoms with Crippen LogP contribution >= 0.6 is 11.6 Å². The highest BCUT2D eigenvalue weighted by Gasteiger charge is 2.54. The van der Waals surface area contributed by atoms with Gasteiger partial charge >= 0.3 is 0 Å². The fourth-order valence-corrected chi connectivity index (χ4v) is 4.77. The molecule has 0 aliphatic carbocycles. The minimum atomic E-state index is -1.03. The quantitative estimate of drug-likeness (QED) is 0.677. The second-order valence-corrected chi connectivity index (χ2v) is 9.83. The van der Waals surface area contributed by atoms with E-state index in [1.54, 1.807) is 29.2 Å². The summed E-state index contributed by atoms with van der Waals surface area (Å²) in [6.45, 7) is 5.20. The Morgan fingerprint density at radius 2 is 1.77 bits per heavy atom. The molecule has 1 N–H and O–H groups in total. The van der Waals surface area contributed by atoms with Crippen LogP contribution in [-0.4, -0.2) is 65.5 Å². The molecule has 2 heterocycles. The highest BCUT2D eigenvalue weighted by Crippen LogP contribution is 2.39. The Morgan fingerprint density at radius 3 is 2.40 bits per heavy atom. The first-order chi connectivity index (χ1) is 16.7. The third-order valence-electron chi connectivity index (χ3n) is 6.46. The summed E-state index contributed by atoms with van der Waals surface area (Å²) in [5.41, 5.74) is -0.266. The molecule has 2 aliphatic rings. The van der Waals surface area contributed by atoms with Gasteiger partial charge in [0.05, 0.1) is 6.61 Å². The van der Waals surface area contributed by atoms with Gasteiger partial charge in [0.25, 0.3) is 11.8 Å². The molecule has 35 heavy (non-hydrogen) atoms. The lowest BCUT2D eigenvalue weighted by Gasteiger charge is -2.44. The summed E-state index contributed by atoms with van der Waals surface area (Å²) >= 11 is 6.04. The van der Waals surface area contributed by atoms with E-state index < -0.39 is 23.5 Å². The lowest BCUT2D eigenvalue weighted by molar-refractivity contribution is -0.128. The fourth-order valence-electron chi connectivity index (χ4n) is 4.58. The topological polar surface area (TPSA) is 79.0 Å². The van der Waals surface area contributed by atoms with Crippen molar-refractivity contribution in [3.05, 3.63) is 70.5 Å². The second-order valence-electron chi connectivity index (χ2n) is 9.40. The average Bonchev–Trinajstić information content (AvgIpc) is 3.21. The van der Waals surface area contributed by atoms with Gasteiger partial charge in [0.1, 0.15) is 17.6 Å². The Morgan fingerprint density at radius 1 is 1.09 bits per heavy atom. The van der Waals surface area contributed by atoms with E-state index in [1.807, 2.05) is 13.8 Å². The van der Waals surface area contributed by atoms with E-state index in [9.17, 15) is 18.8 Å². The lowest BCUT2D eigenvalue weighted by Crippen LogP contribution is -2.60. The minimum Gasteiger partial charge on any atom is -0.354 e. The standard InChI is InChI=1S/C26H29ClFN3O4/c1-17(2)15-29-23(32)22-16-35-26(31(22)25(34)18-6-8-21(28)9-7-18)10-12-30(13-11-26)24(33)19-4-3-5-20(27)14-19/h3-9,14,17,22H,10-13,15-16H2,1-2H3,(H,29,32)/t22-/m0/s1. The highest BCUT2D eigenvalue weighted by atomic mass is 35.5. The molecule has 186 valence electrons. The molecule has 0 aromatic heterocycles. The summed E-state index contributed by atoms with van der Waals surface area (Å²) in [7, 11) is 0. The van der Waals surface area contributed by atoms with Gasteiger partial charge in [-0.15, -0.1) is 0 Å². The number of carbonyl (C=O) groups excluding carboxylic acids is 3. The number of carbonyl (C=O) groups is 3. The maximum atomic E-state index is 13.6. The predicted octanol–water partition coefficient (Wildman–Crippen LogP) is 3.72. The van der Waals surface area contributed by atoms with Gasteiger partial charge in [0.2, 0.25) is 5.91 Å². The van der Waals surface area contributed by atoms with Crippen LogP contribution in [0.4, 0.5) is 4.39 Å². The monoisotopic (exact) mass is 501 g/mol. The molecule has 0 bridgehead atoms. The Hall–Kier alpha value is -2.97. The van der Waals surface area contributed by atoms with Crippen LogP contribution in [0.25, 0.3) is 0 Å². The van der Waals surface area contributed by atoms with Crippen molar-refractivity contribution in [3.8, 4) is 0 Å². The number of halogens is 2. The number of hydrogen-bond donors (Lipinski definition) is 1. The highest BCUT2D eigenvalue weighted by molar-refractivity contribution is 6.30. The number of amides is 3. The number of hydrogen-bond acceptors (Lipinski definition) is 4. The maximum absolute atomic E-state index is 13.6. The van der Waals surface area contributed by atoms with E-state index in [2.05, 4.69) is 5.32 Å². The predicted molar refractivity (Wildman–Crippen MR) is 129 cm³/mol. The zero-order chi connectivity index (χ0) is 25.2. The first kappa shape index (κ1) is 25.1. The van der Waals surface area contributed by atoms with Gasteiger partial charge in [0, 0.05) is 48.6 Å². The van der Waals surface area contributed by atoms with Gasteiger partial charge in [-0.3, -0.25) is 19.3 Å². The van der Waals surface area contributed by atoms with Crippen LogP contribution < -0.4 is 5.32 Å². The number of nitrogens with one attached hydrogen (secondary N) is 1. The molecule has 2 saturated heterocycles. The molecule has 2 aromatic rings. The number of rotatable bonds is 5. The zero-order valence-electron chi connectivity index (χ0n) is 19.8. The van der Waals surface area contributed by atoms with E-state index in [0.29, 0.717) is 43.1 Å². The molecular formula is C26H29ClFN3O4. The van der Waals surface area contributed by atoms with Gasteiger partial charge in [-0.2, -0.15) is 0 Å². The first-order valence-corrected chi connectivity index (χ1v) is 12.1. The van der Waals surface area contributed by atoms with Crippen molar-refractivity contribution in [3.63, 3.8) is 0 Å². The summed E-state index contributed by atoms with van der Waals surface area (Å²) in [4.78, 5) is 42.8. The van der Waals surface area contributed by atoms with Gasteiger partial charge in [0.15, 0.2) is 0 Å². The van der Waals surface area contributed by atoms with Gasteiger partial charge in [-0.25, -0.2) is 4.39 Å². The summed E-state index contributed by atoms with van der Waals surface area (Å²) in [5.74, 6) is -1.04. The van der Waals surface area contributed by atoms with Crippen LogP contribution in [0.3, 0.4) is 0 Å². The van der Waals surface area contributed by atoms with Gasteiger partial charge in [-0.1, -0.05) is 31.5 Å². The van der Waals surface area contributed by atoms with Crippen LogP contribution in [0.15, 0.2) is 48.5 Å². The molecule has 3 amide bonds. The fraction of sp³-hybridized carbons (Fsp3) is 0.423. The molecular weight excluding hydrogens is 473 g/mol. The molecule has 2 aromatic carbocycles. The molecule has 0 radical (unpaired) electrons. The van der Waals surface area contributed by atoms with Crippen LogP contribution in [0.2, 0.25) is 5.02 Å². The molecule has 4 rings (SSSR count). The first-order valence-electron chi connectivity index (χ1n) is 11.8. The molecule has 2 aliphatic heterocycles. The van der Waals surface area contributed by atoms with Crippen LogP contribution in [0.5, 0.6) is 0 Å². The molecule has 1 spiro atoms. The number of ether oxygens (including phenoxy) is 1. The van der Waals surface area contributed by atoms with Crippen molar-refractivity contribution in [2.24, 2.45) is 5.92 Å². The van der Waals surface area contributed by atoms with Gasteiger partial charge < -0.3 is 15.0 Å². The van der Waals surface area contributed by atoms with E-state index in [1.165, 1.54) is 29.2 Å². The summed E-state index contributed by atoms with van der Waals surface area (Å²) in [5, 5.41) is 3.38. The van der Waals surface area contributed by atoms with Crippen LogP contribution in [0.1, 0.15) is 47.4 Å². The van der Waals surface area contributed by atoms with Crippen molar-refractivity contribution < 1.29 is 23.5 Å². The second kappa shape index (κ2) is 10.3. The minimum absolute atomic E-state index is 0.0547. The molecule has 9 heteroatoms. The third kappa shape index (κ3) is 5.33. The molecule has 0 unspecified atom stereocenters. The summed E-state index contributed by atoms with van der Waals surface area (Å²) in [6.07, 6.45) is 0.695. The van der Waals surface area contributed by atoms with Crippen molar-refractivity contribution in [1.29, 1.82) is 0 Å². The van der Waals surface area contributed by atoms with Crippen molar-refractivity contribution in [2.45, 2.75) is 38.5 Å². The SMILES string of the molecule is CC(C)CNC(=O)[C@@H]1COC2(CCN(C(=O)c3cccc(Cl)c3)CC2)N1C(=O)c1ccc(F)cc1. The maximum Gasteiger partial charge on any atom is 0.256 e. The number of nitrogens with zero attached hydrogens (tertiary/aromatic N) is 2. The molecule has 7 nitrogen and oxygen atoms in total. The Bertz CT molecular complexity index is 1100. The largest absolute Gasteiger partial charge is 0.354 e. The molecule has 1 atom stereocenters. The third-order valence-corrected chi connectivity index (χ3v) is 6.70. The van der Waals surface area contributed by atoms with E-state index in [-0.39, 0.29) is 29.9 Å². The normalized spacial score (nSPS) is 19.3. The van der Waals surface area contributed by atoms with E-state index in [0.717, 1.165) is 0 Å². The number of piperidine rings is 1. The van der Waals surface area contributed by atoms with Crippen molar-refractivity contribution in [2.75, 3.05) is 26.2 Å². The van der Waals surface area contributed by atoms with Crippen LogP contribution in [0, 0.1) is 11.7 Å².